The van der Waals surface area contributed by atoms with Crippen molar-refractivity contribution >= 4 is 15.7 Å². The van der Waals surface area contributed by atoms with Gasteiger partial charge in [-0.3, -0.25) is 4.79 Å². The van der Waals surface area contributed by atoms with Crippen LogP contribution in [0.3, 0.4) is 0 Å². The van der Waals surface area contributed by atoms with Gasteiger partial charge < -0.3 is 10.6 Å². The Bertz CT molecular complexity index is 610. The molecule has 0 saturated carbocycles. The zero-order valence-electron chi connectivity index (χ0n) is 12.6. The summed E-state index contributed by atoms with van der Waals surface area (Å²) in [5.41, 5.74) is 0.890. The molecule has 2 rings (SSSR count). The summed E-state index contributed by atoms with van der Waals surface area (Å²) in [6.45, 7) is 4.83. The first kappa shape index (κ1) is 16.0. The van der Waals surface area contributed by atoms with E-state index in [1.807, 2.05) is 6.92 Å². The molecule has 116 valence electrons. The van der Waals surface area contributed by atoms with Crippen molar-refractivity contribution in [1.82, 2.24) is 10.6 Å². The van der Waals surface area contributed by atoms with E-state index in [0.717, 1.165) is 18.5 Å². The first-order valence-corrected chi connectivity index (χ1v) is 9.02. The normalized spacial score (nSPS) is 23.8. The number of nitrogens with one attached hydrogen (secondary N) is 2. The van der Waals surface area contributed by atoms with Crippen LogP contribution in [-0.2, 0) is 14.6 Å². The fourth-order valence-corrected chi connectivity index (χ4v) is 3.21. The number of hydrogen-bond acceptors (Lipinski definition) is 4. The highest BCUT2D eigenvalue weighted by atomic mass is 32.2. The van der Waals surface area contributed by atoms with E-state index in [4.69, 9.17) is 0 Å². The largest absolute Gasteiger partial charge is 0.348 e. The highest BCUT2D eigenvalue weighted by Crippen LogP contribution is 2.19. The third-order valence-electron chi connectivity index (χ3n) is 3.98. The summed E-state index contributed by atoms with van der Waals surface area (Å²) < 4.78 is 22.8. The van der Waals surface area contributed by atoms with Crippen molar-refractivity contribution in [2.75, 3.05) is 12.8 Å². The molecule has 21 heavy (non-hydrogen) atoms. The maximum atomic E-state index is 12.2. The van der Waals surface area contributed by atoms with Gasteiger partial charge in [0.2, 0.25) is 5.91 Å². The molecule has 1 heterocycles. The Labute approximate surface area is 126 Å². The van der Waals surface area contributed by atoms with Gasteiger partial charge in [-0.05, 0) is 43.5 Å². The number of hydrogen-bond donors (Lipinski definition) is 2. The molecule has 0 radical (unpaired) electrons. The lowest BCUT2D eigenvalue weighted by atomic mass is 10.0. The number of rotatable bonds is 4. The van der Waals surface area contributed by atoms with Crippen molar-refractivity contribution in [3.8, 4) is 0 Å². The van der Waals surface area contributed by atoms with Gasteiger partial charge in [0.25, 0.3) is 0 Å². The first-order chi connectivity index (χ1) is 9.79. The lowest BCUT2D eigenvalue weighted by Crippen LogP contribution is -2.44. The fraction of sp³-hybridized carbons (Fsp3) is 0.533. The molecule has 2 N–H and O–H groups in total. The number of carbonyl (C=O) groups excluding carboxylic acids is 1. The van der Waals surface area contributed by atoms with E-state index in [1.54, 1.807) is 24.3 Å². The topological polar surface area (TPSA) is 75.3 Å². The van der Waals surface area contributed by atoms with Crippen LogP contribution in [0.15, 0.2) is 29.2 Å². The predicted molar refractivity (Wildman–Crippen MR) is 81.7 cm³/mol. The number of amides is 1. The van der Waals surface area contributed by atoms with Crippen molar-refractivity contribution in [3.63, 3.8) is 0 Å². The van der Waals surface area contributed by atoms with Crippen LogP contribution in [0.2, 0.25) is 0 Å². The van der Waals surface area contributed by atoms with Crippen molar-refractivity contribution in [2.24, 2.45) is 5.92 Å². The predicted octanol–water partition coefficient (Wildman–Crippen LogP) is 1.27. The van der Waals surface area contributed by atoms with Gasteiger partial charge in [-0.2, -0.15) is 0 Å². The molecule has 1 amide bonds. The number of benzene rings is 1. The van der Waals surface area contributed by atoms with Crippen LogP contribution in [0.1, 0.15) is 31.9 Å². The van der Waals surface area contributed by atoms with Gasteiger partial charge in [0, 0.05) is 6.26 Å². The molecule has 6 heteroatoms. The van der Waals surface area contributed by atoms with Crippen LogP contribution in [0.25, 0.3) is 0 Å². The van der Waals surface area contributed by atoms with E-state index >= 15 is 0 Å². The minimum Gasteiger partial charge on any atom is -0.348 e. The summed E-state index contributed by atoms with van der Waals surface area (Å²) >= 11 is 0. The zero-order chi connectivity index (χ0) is 15.6. The Morgan fingerprint density at radius 3 is 2.43 bits per heavy atom. The molecule has 1 fully saturated rings. The Hall–Kier alpha value is -1.40. The van der Waals surface area contributed by atoms with E-state index in [2.05, 4.69) is 17.6 Å². The second kappa shape index (κ2) is 6.15. The van der Waals surface area contributed by atoms with Crippen LogP contribution < -0.4 is 10.6 Å². The SMILES string of the molecule is CC(NC(=O)C1NCCC1C)c1ccc(S(C)(=O)=O)cc1. The molecule has 5 nitrogen and oxygen atoms in total. The van der Waals surface area contributed by atoms with E-state index in [-0.39, 0.29) is 22.9 Å². The van der Waals surface area contributed by atoms with Gasteiger partial charge in [-0.15, -0.1) is 0 Å². The highest BCUT2D eigenvalue weighted by Gasteiger charge is 2.29. The average molecular weight is 310 g/mol. The van der Waals surface area contributed by atoms with Crippen molar-refractivity contribution in [3.05, 3.63) is 29.8 Å². The molecule has 0 spiro atoms. The quantitative estimate of drug-likeness (QED) is 0.878. The average Bonchev–Trinajstić information content (AvgIpc) is 2.84. The van der Waals surface area contributed by atoms with Crippen molar-refractivity contribution in [1.29, 1.82) is 0 Å². The molecule has 1 aliphatic rings. The van der Waals surface area contributed by atoms with Crippen LogP contribution in [0, 0.1) is 5.92 Å². The summed E-state index contributed by atoms with van der Waals surface area (Å²) in [5, 5.41) is 6.18. The minimum atomic E-state index is -3.19. The van der Waals surface area contributed by atoms with Crippen LogP contribution in [0.5, 0.6) is 0 Å². The fourth-order valence-electron chi connectivity index (χ4n) is 2.58. The second-order valence-corrected chi connectivity index (χ2v) is 7.78. The third kappa shape index (κ3) is 3.83. The molecule has 1 aromatic rings. The van der Waals surface area contributed by atoms with Gasteiger partial charge in [0.15, 0.2) is 9.84 Å². The standard InChI is InChI=1S/C15H22N2O3S/c1-10-8-9-16-14(10)15(18)17-11(2)12-4-6-13(7-5-12)21(3,19)20/h4-7,10-11,14,16H,8-9H2,1-3H3,(H,17,18). The molecule has 1 aliphatic heterocycles. The van der Waals surface area contributed by atoms with E-state index < -0.39 is 9.84 Å². The Morgan fingerprint density at radius 2 is 1.95 bits per heavy atom. The monoisotopic (exact) mass is 310 g/mol. The molecular weight excluding hydrogens is 288 g/mol. The molecule has 1 aromatic carbocycles. The molecule has 0 aliphatic carbocycles. The lowest BCUT2D eigenvalue weighted by Gasteiger charge is -2.20. The van der Waals surface area contributed by atoms with Crippen LogP contribution >= 0.6 is 0 Å². The summed E-state index contributed by atoms with van der Waals surface area (Å²) in [5.74, 6) is 0.337. The van der Waals surface area contributed by atoms with E-state index in [9.17, 15) is 13.2 Å². The van der Waals surface area contributed by atoms with Gasteiger partial charge in [-0.25, -0.2) is 8.42 Å². The summed E-state index contributed by atoms with van der Waals surface area (Å²) in [6, 6.07) is 6.34. The zero-order valence-corrected chi connectivity index (χ0v) is 13.4. The highest BCUT2D eigenvalue weighted by molar-refractivity contribution is 7.90. The van der Waals surface area contributed by atoms with E-state index in [0.29, 0.717) is 5.92 Å². The van der Waals surface area contributed by atoms with Gasteiger partial charge >= 0.3 is 0 Å². The maximum absolute atomic E-state index is 12.2. The maximum Gasteiger partial charge on any atom is 0.237 e. The van der Waals surface area contributed by atoms with Crippen LogP contribution in [0.4, 0.5) is 0 Å². The van der Waals surface area contributed by atoms with E-state index in [1.165, 1.54) is 6.26 Å². The third-order valence-corrected chi connectivity index (χ3v) is 5.11. The Kier molecular flexibility index (Phi) is 4.68. The second-order valence-electron chi connectivity index (χ2n) is 5.77. The minimum absolute atomic E-state index is 0.000287. The van der Waals surface area contributed by atoms with Gasteiger partial charge in [-0.1, -0.05) is 19.1 Å². The Morgan fingerprint density at radius 1 is 1.33 bits per heavy atom. The number of sulfone groups is 1. The summed E-state index contributed by atoms with van der Waals surface area (Å²) in [4.78, 5) is 12.5. The Balaban J connectivity index is 2.03. The summed E-state index contributed by atoms with van der Waals surface area (Å²) in [6.07, 6.45) is 2.19. The van der Waals surface area contributed by atoms with Gasteiger partial charge in [0.05, 0.1) is 17.0 Å². The van der Waals surface area contributed by atoms with Crippen molar-refractivity contribution < 1.29 is 13.2 Å². The molecular formula is C15H22N2O3S. The molecule has 0 bridgehead atoms. The lowest BCUT2D eigenvalue weighted by molar-refractivity contribution is -0.124. The van der Waals surface area contributed by atoms with Gasteiger partial charge in [0.1, 0.15) is 0 Å². The summed E-state index contributed by atoms with van der Waals surface area (Å²) in [7, 11) is -3.19. The number of carbonyl (C=O) groups is 1. The molecule has 1 saturated heterocycles. The first-order valence-electron chi connectivity index (χ1n) is 7.13. The molecule has 3 atom stereocenters. The van der Waals surface area contributed by atoms with Crippen molar-refractivity contribution in [2.45, 2.75) is 37.2 Å². The smallest absolute Gasteiger partial charge is 0.237 e. The molecule has 3 unspecified atom stereocenters. The van der Waals surface area contributed by atoms with Crippen LogP contribution in [-0.4, -0.2) is 33.2 Å². The molecule has 0 aromatic heterocycles.